The van der Waals surface area contributed by atoms with E-state index >= 15 is 0 Å². The number of morpholine rings is 1. The number of rotatable bonds is 5. The molecule has 0 bridgehead atoms. The summed E-state index contributed by atoms with van der Waals surface area (Å²) in [6, 6.07) is 7.09. The Hall–Kier alpha value is -1.59. The number of ether oxygens (including phenoxy) is 1. The van der Waals surface area contributed by atoms with Crippen molar-refractivity contribution in [2.45, 2.75) is 31.9 Å². The summed E-state index contributed by atoms with van der Waals surface area (Å²) >= 11 is 0. The molecule has 0 aliphatic carbocycles. The largest absolute Gasteiger partial charge is 0.508 e. The lowest BCUT2D eigenvalue weighted by Gasteiger charge is -2.40. The van der Waals surface area contributed by atoms with Crippen LogP contribution in [0.1, 0.15) is 25.3 Å². The van der Waals surface area contributed by atoms with E-state index in [1.807, 2.05) is 19.1 Å². The number of phenolic OH excluding ortho intramolecular Hbond substituents is 1. The maximum atomic E-state index is 12.0. The van der Waals surface area contributed by atoms with Crippen molar-refractivity contribution in [3.63, 3.8) is 0 Å². The third-order valence-electron chi connectivity index (χ3n) is 3.68. The predicted octanol–water partition coefficient (Wildman–Crippen LogP) is 1.25. The van der Waals surface area contributed by atoms with Gasteiger partial charge in [-0.05, 0) is 32.4 Å². The minimum absolute atomic E-state index is 0.0431. The topological polar surface area (TPSA) is 75.8 Å². The molecule has 0 spiro atoms. The molecule has 5 heteroatoms. The molecule has 20 heavy (non-hydrogen) atoms. The number of carbonyl (C=O) groups excluding carboxylic acids is 1. The molecule has 1 aliphatic heterocycles. The molecule has 5 nitrogen and oxygen atoms in total. The van der Waals surface area contributed by atoms with Gasteiger partial charge < -0.3 is 20.5 Å². The summed E-state index contributed by atoms with van der Waals surface area (Å²) in [5.41, 5.74) is 5.94. The number of carbonyl (C=O) groups is 1. The normalized spacial score (nSPS) is 23.1. The lowest BCUT2D eigenvalue weighted by atomic mass is 9.97. The van der Waals surface area contributed by atoms with Crippen molar-refractivity contribution < 1.29 is 14.6 Å². The molecule has 1 amide bonds. The third-order valence-corrected chi connectivity index (χ3v) is 3.68. The number of amides is 1. The van der Waals surface area contributed by atoms with Crippen LogP contribution < -0.4 is 5.73 Å². The Morgan fingerprint density at radius 2 is 2.20 bits per heavy atom. The number of nitrogens with zero attached hydrogens (tertiary/aromatic N) is 1. The molecule has 1 aliphatic rings. The number of benzene rings is 1. The molecule has 1 unspecified atom stereocenters. The summed E-state index contributed by atoms with van der Waals surface area (Å²) in [6.07, 6.45) is 1.70. The van der Waals surface area contributed by atoms with Gasteiger partial charge in [-0.1, -0.05) is 18.2 Å². The maximum absolute atomic E-state index is 12.0. The van der Waals surface area contributed by atoms with Crippen molar-refractivity contribution in [3.8, 4) is 5.75 Å². The molecule has 0 aromatic heterocycles. The van der Waals surface area contributed by atoms with Gasteiger partial charge in [0.05, 0.1) is 5.60 Å². The van der Waals surface area contributed by atoms with Gasteiger partial charge in [-0.25, -0.2) is 0 Å². The van der Waals surface area contributed by atoms with Crippen LogP contribution in [0.5, 0.6) is 5.75 Å². The van der Waals surface area contributed by atoms with Gasteiger partial charge >= 0.3 is 0 Å². The van der Waals surface area contributed by atoms with E-state index in [1.54, 1.807) is 17.0 Å². The van der Waals surface area contributed by atoms with E-state index in [4.69, 9.17) is 10.5 Å². The standard InChI is InChI=1S/C15H22N2O3/c1-15(7-4-8-16)11-17(14(19)10-20-15)9-12-5-2-3-6-13(12)18/h2-3,5-6,18H,4,7-11,16H2,1H3. The van der Waals surface area contributed by atoms with E-state index in [-0.39, 0.29) is 23.9 Å². The molecule has 0 saturated carbocycles. The zero-order valence-corrected chi connectivity index (χ0v) is 11.8. The number of phenols is 1. The van der Waals surface area contributed by atoms with Crippen molar-refractivity contribution in [2.24, 2.45) is 5.73 Å². The highest BCUT2D eigenvalue weighted by molar-refractivity contribution is 5.78. The smallest absolute Gasteiger partial charge is 0.249 e. The van der Waals surface area contributed by atoms with Crippen molar-refractivity contribution in [3.05, 3.63) is 29.8 Å². The van der Waals surface area contributed by atoms with E-state index in [2.05, 4.69) is 0 Å². The van der Waals surface area contributed by atoms with Gasteiger partial charge in [0.1, 0.15) is 12.4 Å². The van der Waals surface area contributed by atoms with E-state index < -0.39 is 0 Å². The molecule has 0 radical (unpaired) electrons. The molecule has 1 aromatic rings. The van der Waals surface area contributed by atoms with Gasteiger partial charge in [0.25, 0.3) is 0 Å². The minimum Gasteiger partial charge on any atom is -0.508 e. The quantitative estimate of drug-likeness (QED) is 0.850. The zero-order valence-electron chi connectivity index (χ0n) is 11.8. The SMILES string of the molecule is CC1(CCCN)CN(Cc2ccccc2O)C(=O)CO1. The van der Waals surface area contributed by atoms with Crippen molar-refractivity contribution in [1.82, 2.24) is 4.90 Å². The monoisotopic (exact) mass is 278 g/mol. The zero-order chi connectivity index (χ0) is 14.6. The number of aromatic hydroxyl groups is 1. The van der Waals surface area contributed by atoms with Crippen molar-refractivity contribution >= 4 is 5.91 Å². The Balaban J connectivity index is 2.06. The highest BCUT2D eigenvalue weighted by Gasteiger charge is 2.35. The molecule has 110 valence electrons. The lowest BCUT2D eigenvalue weighted by molar-refractivity contribution is -0.163. The molecule has 3 N–H and O–H groups in total. The lowest BCUT2D eigenvalue weighted by Crippen LogP contribution is -2.52. The van der Waals surface area contributed by atoms with Crippen LogP contribution in [0.3, 0.4) is 0 Å². The molecule has 1 fully saturated rings. The van der Waals surface area contributed by atoms with Crippen LogP contribution in [0, 0.1) is 0 Å². The molecule has 1 aromatic carbocycles. The van der Waals surface area contributed by atoms with Crippen molar-refractivity contribution in [1.29, 1.82) is 0 Å². The summed E-state index contributed by atoms with van der Waals surface area (Å²) in [7, 11) is 0. The Morgan fingerprint density at radius 3 is 2.90 bits per heavy atom. The molecular weight excluding hydrogens is 256 g/mol. The van der Waals surface area contributed by atoms with Crippen LogP contribution in [0.15, 0.2) is 24.3 Å². The third kappa shape index (κ3) is 3.49. The van der Waals surface area contributed by atoms with Crippen LogP contribution >= 0.6 is 0 Å². The van der Waals surface area contributed by atoms with E-state index in [9.17, 15) is 9.90 Å². The first-order chi connectivity index (χ1) is 9.54. The van der Waals surface area contributed by atoms with E-state index in [1.165, 1.54) is 0 Å². The second-order valence-corrected chi connectivity index (χ2v) is 5.51. The highest BCUT2D eigenvalue weighted by Crippen LogP contribution is 2.26. The van der Waals surface area contributed by atoms with Crippen LogP contribution in [0.25, 0.3) is 0 Å². The van der Waals surface area contributed by atoms with Gasteiger partial charge in [0.15, 0.2) is 0 Å². The summed E-state index contributed by atoms with van der Waals surface area (Å²) < 4.78 is 5.67. The molecule has 2 rings (SSSR count). The van der Waals surface area contributed by atoms with E-state index in [0.29, 0.717) is 19.6 Å². The Labute approximate surface area is 119 Å². The summed E-state index contributed by atoms with van der Waals surface area (Å²) in [5.74, 6) is 0.175. The van der Waals surface area contributed by atoms with Crippen molar-refractivity contribution in [2.75, 3.05) is 19.7 Å². The van der Waals surface area contributed by atoms with Gasteiger partial charge in [0.2, 0.25) is 5.91 Å². The minimum atomic E-state index is -0.350. The number of hydrogen-bond acceptors (Lipinski definition) is 4. The van der Waals surface area contributed by atoms with Gasteiger partial charge in [-0.3, -0.25) is 4.79 Å². The predicted molar refractivity (Wildman–Crippen MR) is 76.2 cm³/mol. The molecule has 1 atom stereocenters. The van der Waals surface area contributed by atoms with Gasteiger partial charge in [-0.2, -0.15) is 0 Å². The molecular formula is C15H22N2O3. The first kappa shape index (κ1) is 14.8. The van der Waals surface area contributed by atoms with Gasteiger partial charge in [0, 0.05) is 18.7 Å². The molecule has 1 saturated heterocycles. The first-order valence-electron chi connectivity index (χ1n) is 6.93. The summed E-state index contributed by atoms with van der Waals surface area (Å²) in [6.45, 7) is 3.65. The highest BCUT2D eigenvalue weighted by atomic mass is 16.5. The second-order valence-electron chi connectivity index (χ2n) is 5.51. The van der Waals surface area contributed by atoms with Crippen LogP contribution in [-0.4, -0.2) is 41.2 Å². The second kappa shape index (κ2) is 6.24. The van der Waals surface area contributed by atoms with Crippen LogP contribution in [0.2, 0.25) is 0 Å². The van der Waals surface area contributed by atoms with Crippen LogP contribution in [0.4, 0.5) is 0 Å². The Morgan fingerprint density at radius 1 is 1.45 bits per heavy atom. The average molecular weight is 278 g/mol. The van der Waals surface area contributed by atoms with Gasteiger partial charge in [-0.15, -0.1) is 0 Å². The summed E-state index contributed by atoms with van der Waals surface area (Å²) in [5, 5.41) is 9.81. The Bertz CT molecular complexity index is 478. The average Bonchev–Trinajstić information content (AvgIpc) is 2.44. The summed E-state index contributed by atoms with van der Waals surface area (Å²) in [4.78, 5) is 13.7. The van der Waals surface area contributed by atoms with E-state index in [0.717, 1.165) is 18.4 Å². The Kier molecular flexibility index (Phi) is 4.62. The van der Waals surface area contributed by atoms with Crippen LogP contribution in [-0.2, 0) is 16.1 Å². The number of nitrogens with two attached hydrogens (primary N) is 1. The number of para-hydroxylation sites is 1. The fraction of sp³-hybridized carbons (Fsp3) is 0.533. The fourth-order valence-electron chi connectivity index (χ4n) is 2.49. The molecule has 1 heterocycles. The maximum Gasteiger partial charge on any atom is 0.249 e. The number of hydrogen-bond donors (Lipinski definition) is 2. The fourth-order valence-corrected chi connectivity index (χ4v) is 2.49. The first-order valence-corrected chi connectivity index (χ1v) is 6.93.